The summed E-state index contributed by atoms with van der Waals surface area (Å²) in [6.07, 6.45) is -0.872. The Morgan fingerprint density at radius 1 is 0.895 bits per heavy atom. The molecular weight excluding hydrogens is 494 g/mol. The van der Waals surface area contributed by atoms with E-state index in [9.17, 15) is 27.5 Å². The van der Waals surface area contributed by atoms with Crippen molar-refractivity contribution in [2.24, 2.45) is 5.92 Å². The van der Waals surface area contributed by atoms with E-state index in [1.54, 1.807) is 12.1 Å². The van der Waals surface area contributed by atoms with Gasteiger partial charge >= 0.3 is 12.1 Å². The maximum atomic E-state index is 13.8. The van der Waals surface area contributed by atoms with Crippen molar-refractivity contribution >= 4 is 5.97 Å². The number of alkyl halides is 3. The number of aliphatic carboxylic acids is 1. The first-order chi connectivity index (χ1) is 18.0. The molecule has 0 unspecified atom stereocenters. The maximum absolute atomic E-state index is 13.8. The lowest BCUT2D eigenvalue weighted by molar-refractivity contribution is -0.139. The van der Waals surface area contributed by atoms with E-state index in [1.165, 1.54) is 24.3 Å². The van der Waals surface area contributed by atoms with Crippen LogP contribution in [0.1, 0.15) is 73.7 Å². The van der Waals surface area contributed by atoms with Gasteiger partial charge < -0.3 is 5.11 Å². The zero-order valence-corrected chi connectivity index (χ0v) is 21.6. The van der Waals surface area contributed by atoms with E-state index in [0.717, 1.165) is 55.6 Å². The number of carboxylic acids is 1. The number of likely N-dealkylation sites (tertiary alicyclic amines) is 1. The topological polar surface area (TPSA) is 40.5 Å². The van der Waals surface area contributed by atoms with Gasteiger partial charge in [-0.3, -0.25) is 9.69 Å². The summed E-state index contributed by atoms with van der Waals surface area (Å²) in [7, 11) is 0. The molecule has 1 heterocycles. The van der Waals surface area contributed by atoms with Crippen LogP contribution in [0.5, 0.6) is 0 Å². The van der Waals surface area contributed by atoms with Crippen LogP contribution in [0.15, 0.2) is 66.7 Å². The van der Waals surface area contributed by atoms with E-state index in [0.29, 0.717) is 23.1 Å². The van der Waals surface area contributed by atoms with Crippen LogP contribution >= 0.6 is 0 Å². The first kappa shape index (κ1) is 27.8. The molecule has 1 N–H and O–H groups in total. The second kappa shape index (κ2) is 11.7. The number of carbonyl (C=O) groups is 1. The molecule has 0 aliphatic carbocycles. The third-order valence-electron chi connectivity index (χ3n) is 7.24. The lowest BCUT2D eigenvalue weighted by Crippen LogP contribution is -2.34. The average Bonchev–Trinajstić information content (AvgIpc) is 2.89. The smallest absolute Gasteiger partial charge is 0.416 e. The quantitative estimate of drug-likeness (QED) is 0.300. The SMILES string of the molecule is CC(C)C[C@H](C(=O)O)c1ccc([C@H](c2ccc(F)cc2)N2CCCCC2)c(-c2ccc(C(F)(F)F)cc2)c1. The molecule has 0 spiro atoms. The van der Waals surface area contributed by atoms with Gasteiger partial charge in [-0.25, -0.2) is 4.39 Å². The molecule has 1 aliphatic rings. The van der Waals surface area contributed by atoms with Gasteiger partial charge in [0.1, 0.15) is 5.82 Å². The minimum atomic E-state index is -4.46. The monoisotopic (exact) mass is 527 g/mol. The van der Waals surface area contributed by atoms with E-state index >= 15 is 0 Å². The molecule has 0 amide bonds. The van der Waals surface area contributed by atoms with E-state index in [1.807, 2.05) is 32.0 Å². The van der Waals surface area contributed by atoms with Crippen molar-refractivity contribution in [2.75, 3.05) is 13.1 Å². The fourth-order valence-corrected chi connectivity index (χ4v) is 5.38. The predicted octanol–water partition coefficient (Wildman–Crippen LogP) is 8.30. The Hall–Kier alpha value is -3.19. The van der Waals surface area contributed by atoms with Crippen LogP contribution in [0, 0.1) is 11.7 Å². The molecule has 2 atom stereocenters. The molecule has 0 saturated carbocycles. The lowest BCUT2D eigenvalue weighted by atomic mass is 9.83. The minimum absolute atomic E-state index is 0.144. The normalized spacial score (nSPS) is 16.4. The van der Waals surface area contributed by atoms with Gasteiger partial charge in [-0.05, 0) is 96.4 Å². The number of hydrogen-bond donors (Lipinski definition) is 1. The molecule has 1 saturated heterocycles. The van der Waals surface area contributed by atoms with Crippen molar-refractivity contribution in [3.8, 4) is 11.1 Å². The second-order valence-electron chi connectivity index (χ2n) is 10.5. The first-order valence-electron chi connectivity index (χ1n) is 13.1. The number of nitrogens with zero attached hydrogens (tertiary/aromatic N) is 1. The van der Waals surface area contributed by atoms with Crippen LogP contribution < -0.4 is 0 Å². The standard InChI is InChI=1S/C31H33F4NO2/c1-20(2)18-28(30(37)38)23-10-15-26(27(19-23)21-6-11-24(12-7-21)31(33,34)35)29(36-16-4-3-5-17-36)22-8-13-25(32)14-9-22/h6-15,19-20,28-29H,3-5,16-18H2,1-2H3,(H,37,38)/t28-,29-/m0/s1. The molecule has 1 fully saturated rings. The lowest BCUT2D eigenvalue weighted by Gasteiger charge is -2.36. The van der Waals surface area contributed by atoms with E-state index in [-0.39, 0.29) is 17.8 Å². The zero-order chi connectivity index (χ0) is 27.4. The fourth-order valence-electron chi connectivity index (χ4n) is 5.38. The van der Waals surface area contributed by atoms with Gasteiger partial charge in [0, 0.05) is 0 Å². The first-order valence-corrected chi connectivity index (χ1v) is 13.1. The van der Waals surface area contributed by atoms with Crippen LogP contribution in [-0.2, 0) is 11.0 Å². The number of piperidine rings is 1. The fraction of sp³-hybridized carbons (Fsp3) is 0.387. The van der Waals surface area contributed by atoms with Crippen LogP contribution in [0.2, 0.25) is 0 Å². The maximum Gasteiger partial charge on any atom is 0.416 e. The van der Waals surface area contributed by atoms with Gasteiger partial charge in [-0.2, -0.15) is 13.2 Å². The van der Waals surface area contributed by atoms with Crippen LogP contribution in [0.4, 0.5) is 17.6 Å². The predicted molar refractivity (Wildman–Crippen MR) is 140 cm³/mol. The Labute approximate surface area is 221 Å². The highest BCUT2D eigenvalue weighted by Crippen LogP contribution is 2.40. The molecule has 38 heavy (non-hydrogen) atoms. The van der Waals surface area contributed by atoms with Crippen LogP contribution in [-0.4, -0.2) is 29.1 Å². The second-order valence-corrected chi connectivity index (χ2v) is 10.5. The molecule has 0 bridgehead atoms. The molecule has 0 aromatic heterocycles. The molecule has 0 radical (unpaired) electrons. The van der Waals surface area contributed by atoms with E-state index in [4.69, 9.17) is 0 Å². The number of rotatable bonds is 8. The van der Waals surface area contributed by atoms with Crippen molar-refractivity contribution in [1.29, 1.82) is 0 Å². The number of benzene rings is 3. The third kappa shape index (κ3) is 6.44. The van der Waals surface area contributed by atoms with Crippen molar-refractivity contribution in [3.63, 3.8) is 0 Å². The summed E-state index contributed by atoms with van der Waals surface area (Å²) in [5, 5.41) is 9.98. The Kier molecular flexibility index (Phi) is 8.56. The van der Waals surface area contributed by atoms with Crippen molar-refractivity contribution in [3.05, 3.63) is 94.8 Å². The molecule has 7 heteroatoms. The summed E-state index contributed by atoms with van der Waals surface area (Å²) < 4.78 is 53.7. The van der Waals surface area contributed by atoms with Gasteiger partial charge in [0.05, 0.1) is 17.5 Å². The molecule has 3 nitrogen and oxygen atoms in total. The Morgan fingerprint density at radius 2 is 1.50 bits per heavy atom. The molecule has 202 valence electrons. The number of hydrogen-bond acceptors (Lipinski definition) is 2. The average molecular weight is 528 g/mol. The van der Waals surface area contributed by atoms with Crippen molar-refractivity contribution in [2.45, 2.75) is 57.7 Å². The largest absolute Gasteiger partial charge is 0.481 e. The van der Waals surface area contributed by atoms with E-state index < -0.39 is 23.6 Å². The summed E-state index contributed by atoms with van der Waals surface area (Å²) in [5.74, 6) is -1.87. The minimum Gasteiger partial charge on any atom is -0.481 e. The summed E-state index contributed by atoms with van der Waals surface area (Å²) in [6.45, 7) is 5.59. The van der Waals surface area contributed by atoms with Gasteiger partial charge in [-0.1, -0.05) is 56.7 Å². The highest BCUT2D eigenvalue weighted by Gasteiger charge is 2.31. The summed E-state index contributed by atoms with van der Waals surface area (Å²) in [4.78, 5) is 14.5. The highest BCUT2D eigenvalue weighted by molar-refractivity contribution is 5.78. The molecular formula is C31H33F4NO2. The number of halogens is 4. The number of carboxylic acid groups (broad SMARTS) is 1. The van der Waals surface area contributed by atoms with Gasteiger partial charge in [0.15, 0.2) is 0 Å². The molecule has 3 aromatic rings. The summed E-state index contributed by atoms with van der Waals surface area (Å²) >= 11 is 0. The molecule has 3 aromatic carbocycles. The van der Waals surface area contributed by atoms with Crippen molar-refractivity contribution in [1.82, 2.24) is 4.90 Å². The Balaban J connectivity index is 1.90. The van der Waals surface area contributed by atoms with Gasteiger partial charge in [0.2, 0.25) is 0 Å². The molecule has 1 aliphatic heterocycles. The van der Waals surface area contributed by atoms with E-state index in [2.05, 4.69) is 4.90 Å². The Bertz CT molecular complexity index is 1230. The zero-order valence-electron chi connectivity index (χ0n) is 21.6. The molecule has 4 rings (SSSR count). The van der Waals surface area contributed by atoms with Crippen molar-refractivity contribution < 1.29 is 27.5 Å². The van der Waals surface area contributed by atoms with Crippen LogP contribution in [0.25, 0.3) is 11.1 Å². The summed E-state index contributed by atoms with van der Waals surface area (Å²) in [5.41, 5.74) is 2.87. The van der Waals surface area contributed by atoms with Crippen LogP contribution in [0.3, 0.4) is 0 Å². The Morgan fingerprint density at radius 3 is 2.05 bits per heavy atom. The highest BCUT2D eigenvalue weighted by atomic mass is 19.4. The van der Waals surface area contributed by atoms with Gasteiger partial charge in [0.25, 0.3) is 0 Å². The summed E-state index contributed by atoms with van der Waals surface area (Å²) in [6, 6.07) is 16.6. The third-order valence-corrected chi connectivity index (χ3v) is 7.24. The van der Waals surface area contributed by atoms with Gasteiger partial charge in [-0.15, -0.1) is 0 Å².